The number of carbonyl (C=O) groups excluding carboxylic acids is 1. The van der Waals surface area contributed by atoms with Crippen LogP contribution < -0.4 is 10.6 Å². The lowest BCUT2D eigenvalue weighted by Gasteiger charge is -2.29. The maximum atomic E-state index is 12.7. The Balaban J connectivity index is 1.38. The molecular weight excluding hydrogens is 461 g/mol. The van der Waals surface area contributed by atoms with Gasteiger partial charge in [-0.05, 0) is 56.0 Å². The quantitative estimate of drug-likeness (QED) is 0.568. The molecule has 4 heterocycles. The zero-order valence-corrected chi connectivity index (χ0v) is 19.8. The van der Waals surface area contributed by atoms with E-state index in [4.69, 9.17) is 28.2 Å². The Kier molecular flexibility index (Phi) is 6.23. The predicted molar refractivity (Wildman–Crippen MR) is 129 cm³/mol. The Morgan fingerprint density at radius 2 is 2.21 bits per heavy atom. The van der Waals surface area contributed by atoms with E-state index in [1.807, 2.05) is 34.6 Å². The van der Waals surface area contributed by atoms with Crippen molar-refractivity contribution in [2.45, 2.75) is 38.3 Å². The second-order valence-electron chi connectivity index (χ2n) is 8.48. The fourth-order valence-corrected chi connectivity index (χ4v) is 5.01. The predicted octanol–water partition coefficient (Wildman–Crippen LogP) is 3.97. The van der Waals surface area contributed by atoms with Crippen LogP contribution in [0.15, 0.2) is 36.8 Å². The Bertz CT molecular complexity index is 1220. The molecule has 0 bridgehead atoms. The van der Waals surface area contributed by atoms with Gasteiger partial charge in [-0.1, -0.05) is 35.3 Å². The third kappa shape index (κ3) is 4.55. The second kappa shape index (κ2) is 9.29. The molecule has 5 rings (SSSR count). The molecule has 2 aromatic heterocycles. The molecule has 0 aliphatic carbocycles. The lowest BCUT2D eigenvalue weighted by atomic mass is 10.0. The second-order valence-corrected chi connectivity index (χ2v) is 9.32. The van der Waals surface area contributed by atoms with Crippen LogP contribution in [0.1, 0.15) is 43.5 Å². The number of halogens is 2. The number of amides is 1. The van der Waals surface area contributed by atoms with Crippen molar-refractivity contribution in [3.8, 4) is 0 Å². The molecule has 0 unspecified atom stereocenters. The van der Waals surface area contributed by atoms with Gasteiger partial charge in [-0.15, -0.1) is 10.2 Å². The molecule has 2 N–H and O–H groups in total. The molecular formula is C23H25Cl2N7O. The maximum absolute atomic E-state index is 12.7. The molecule has 10 heteroatoms. The van der Waals surface area contributed by atoms with Gasteiger partial charge in [0, 0.05) is 29.3 Å². The van der Waals surface area contributed by atoms with E-state index in [-0.39, 0.29) is 18.0 Å². The third-order valence-corrected chi connectivity index (χ3v) is 6.83. The number of rotatable bonds is 5. The van der Waals surface area contributed by atoms with Gasteiger partial charge in [-0.3, -0.25) is 9.20 Å². The summed E-state index contributed by atoms with van der Waals surface area (Å²) in [5.41, 5.74) is 3.49. The van der Waals surface area contributed by atoms with Crippen molar-refractivity contribution in [3.63, 3.8) is 0 Å². The Morgan fingerprint density at radius 1 is 1.33 bits per heavy atom. The minimum atomic E-state index is -0.120. The van der Waals surface area contributed by atoms with Crippen molar-refractivity contribution in [2.75, 3.05) is 25.0 Å². The van der Waals surface area contributed by atoms with Gasteiger partial charge in [-0.25, -0.2) is 4.98 Å². The molecule has 33 heavy (non-hydrogen) atoms. The standard InChI is InChI=1S/C23H25Cl2N7O/c1-14(17-5-4-16(24)11-18(17)25)28-21-22-30-27-13-32(22)12-20(29-21)15-6-9-31(10-7-15)23(33)19-3-2-8-26-19/h4-6,11-14,19,26H,2-3,7-10H2,1H3,(H,28,29)/t14-,19-/m1/s1. The molecule has 1 saturated heterocycles. The lowest BCUT2D eigenvalue weighted by Crippen LogP contribution is -2.45. The van der Waals surface area contributed by atoms with Crippen LogP contribution in [0.25, 0.3) is 11.2 Å². The number of benzene rings is 1. The number of hydrogen-bond donors (Lipinski definition) is 2. The first-order valence-electron chi connectivity index (χ1n) is 11.1. The molecule has 1 amide bonds. The van der Waals surface area contributed by atoms with Crippen LogP contribution in [0.2, 0.25) is 10.0 Å². The fourth-order valence-electron chi connectivity index (χ4n) is 4.44. The summed E-state index contributed by atoms with van der Waals surface area (Å²) in [5, 5.41) is 16.2. The van der Waals surface area contributed by atoms with E-state index in [0.717, 1.165) is 42.6 Å². The molecule has 0 radical (unpaired) electrons. The summed E-state index contributed by atoms with van der Waals surface area (Å²) >= 11 is 12.4. The van der Waals surface area contributed by atoms with E-state index in [1.54, 1.807) is 12.4 Å². The highest BCUT2D eigenvalue weighted by Crippen LogP contribution is 2.30. The van der Waals surface area contributed by atoms with Crippen molar-refractivity contribution in [1.82, 2.24) is 29.8 Å². The Morgan fingerprint density at radius 3 is 2.94 bits per heavy atom. The van der Waals surface area contributed by atoms with E-state index in [0.29, 0.717) is 34.6 Å². The zero-order chi connectivity index (χ0) is 22.9. The summed E-state index contributed by atoms with van der Waals surface area (Å²) in [7, 11) is 0. The number of nitrogens with zero attached hydrogens (tertiary/aromatic N) is 5. The molecule has 0 spiro atoms. The monoisotopic (exact) mass is 485 g/mol. The average Bonchev–Trinajstić information content (AvgIpc) is 3.51. The smallest absolute Gasteiger partial charge is 0.239 e. The number of anilines is 1. The van der Waals surface area contributed by atoms with Gasteiger partial charge in [0.25, 0.3) is 0 Å². The van der Waals surface area contributed by atoms with Gasteiger partial charge in [0.05, 0.1) is 17.8 Å². The van der Waals surface area contributed by atoms with Gasteiger partial charge < -0.3 is 15.5 Å². The maximum Gasteiger partial charge on any atom is 0.239 e. The van der Waals surface area contributed by atoms with E-state index in [1.165, 1.54) is 0 Å². The van der Waals surface area contributed by atoms with Gasteiger partial charge in [0.1, 0.15) is 6.33 Å². The van der Waals surface area contributed by atoms with Crippen LogP contribution in [0.5, 0.6) is 0 Å². The van der Waals surface area contributed by atoms with Gasteiger partial charge in [0.2, 0.25) is 11.6 Å². The lowest BCUT2D eigenvalue weighted by molar-refractivity contribution is -0.132. The summed E-state index contributed by atoms with van der Waals surface area (Å²) in [6.07, 6.45) is 8.42. The van der Waals surface area contributed by atoms with Crippen molar-refractivity contribution >= 4 is 46.1 Å². The molecule has 0 saturated carbocycles. The van der Waals surface area contributed by atoms with Crippen LogP contribution in [0.4, 0.5) is 5.82 Å². The largest absolute Gasteiger partial charge is 0.360 e. The highest BCUT2D eigenvalue weighted by Gasteiger charge is 2.28. The minimum absolute atomic E-state index is 0.0385. The van der Waals surface area contributed by atoms with Gasteiger partial charge in [-0.2, -0.15) is 0 Å². The molecule has 2 atom stereocenters. The number of fused-ring (bicyclic) bond motifs is 1. The van der Waals surface area contributed by atoms with Crippen LogP contribution in [0.3, 0.4) is 0 Å². The summed E-state index contributed by atoms with van der Waals surface area (Å²) in [6, 6.07) is 5.29. The molecule has 1 aromatic carbocycles. The van der Waals surface area contributed by atoms with Crippen LogP contribution >= 0.6 is 23.2 Å². The number of carbonyl (C=O) groups is 1. The highest BCUT2D eigenvalue weighted by molar-refractivity contribution is 6.35. The van der Waals surface area contributed by atoms with Gasteiger partial charge >= 0.3 is 0 Å². The molecule has 8 nitrogen and oxygen atoms in total. The molecule has 3 aromatic rings. The van der Waals surface area contributed by atoms with Crippen molar-refractivity contribution < 1.29 is 4.79 Å². The third-order valence-electron chi connectivity index (χ3n) is 6.27. The fraction of sp³-hybridized carbons (Fsp3) is 0.391. The van der Waals surface area contributed by atoms with Gasteiger partial charge in [0.15, 0.2) is 5.82 Å². The summed E-state index contributed by atoms with van der Waals surface area (Å²) < 4.78 is 1.86. The summed E-state index contributed by atoms with van der Waals surface area (Å²) in [4.78, 5) is 19.5. The number of aromatic nitrogens is 4. The molecule has 1 fully saturated rings. The summed E-state index contributed by atoms with van der Waals surface area (Å²) in [6.45, 7) is 4.21. The first-order chi connectivity index (χ1) is 16.0. The van der Waals surface area contributed by atoms with E-state index < -0.39 is 0 Å². The van der Waals surface area contributed by atoms with E-state index in [2.05, 4.69) is 26.9 Å². The average molecular weight is 486 g/mol. The molecule has 2 aliphatic rings. The highest BCUT2D eigenvalue weighted by atomic mass is 35.5. The van der Waals surface area contributed by atoms with Crippen LogP contribution in [0, 0.1) is 0 Å². The molecule has 2 aliphatic heterocycles. The first kappa shape index (κ1) is 22.1. The number of hydrogen-bond acceptors (Lipinski definition) is 6. The Hall–Kier alpha value is -2.68. The number of nitrogens with one attached hydrogen (secondary N) is 2. The van der Waals surface area contributed by atoms with Crippen LogP contribution in [-0.4, -0.2) is 56.1 Å². The molecule has 172 valence electrons. The zero-order valence-electron chi connectivity index (χ0n) is 18.3. The van der Waals surface area contributed by atoms with E-state index >= 15 is 0 Å². The first-order valence-corrected chi connectivity index (χ1v) is 11.9. The Labute approximate surface area is 202 Å². The topological polar surface area (TPSA) is 87.5 Å². The normalized spacial score (nSPS) is 19.5. The van der Waals surface area contributed by atoms with E-state index in [9.17, 15) is 4.79 Å². The summed E-state index contributed by atoms with van der Waals surface area (Å²) in [5.74, 6) is 0.819. The minimum Gasteiger partial charge on any atom is -0.360 e. The van der Waals surface area contributed by atoms with Crippen molar-refractivity contribution in [1.29, 1.82) is 0 Å². The van der Waals surface area contributed by atoms with Crippen LogP contribution in [-0.2, 0) is 4.79 Å². The van der Waals surface area contributed by atoms with Crippen molar-refractivity contribution in [2.24, 2.45) is 0 Å². The SMILES string of the molecule is C[C@@H](Nc1nc(C2=CCN(C(=O)[C@H]3CCCN3)CC2)cn2cnnc12)c1ccc(Cl)cc1Cl. The van der Waals surface area contributed by atoms with Crippen molar-refractivity contribution in [3.05, 3.63) is 58.1 Å².